The molecule has 4 aromatic rings. The minimum Gasteiger partial charge on any atom is -0.375 e. The zero-order chi connectivity index (χ0) is 19.8. The van der Waals surface area contributed by atoms with Gasteiger partial charge < -0.3 is 10.6 Å². The number of rotatable bonds is 4. The minimum atomic E-state index is -0.683. The van der Waals surface area contributed by atoms with E-state index in [0.29, 0.717) is 38.4 Å². The van der Waals surface area contributed by atoms with E-state index in [2.05, 4.69) is 15.0 Å². The third-order valence-corrected chi connectivity index (χ3v) is 5.33. The molecule has 0 saturated heterocycles. The van der Waals surface area contributed by atoms with Crippen LogP contribution in [-0.4, -0.2) is 22.0 Å². The van der Waals surface area contributed by atoms with Crippen LogP contribution in [-0.2, 0) is 5.88 Å². The Labute approximate surface area is 168 Å². The van der Waals surface area contributed by atoms with Crippen LogP contribution in [0.1, 0.15) is 5.56 Å². The average molecular weight is 418 g/mol. The van der Waals surface area contributed by atoms with E-state index in [0.717, 1.165) is 11.6 Å². The van der Waals surface area contributed by atoms with E-state index in [1.807, 2.05) is 12.1 Å². The molecular weight excluding hydrogens is 404 g/mol. The van der Waals surface area contributed by atoms with Crippen LogP contribution in [0.25, 0.3) is 21.6 Å². The molecule has 28 heavy (non-hydrogen) atoms. The van der Waals surface area contributed by atoms with E-state index in [9.17, 15) is 8.78 Å². The molecule has 4 rings (SSSR count). The number of fused-ring (bicyclic) bond motifs is 1. The van der Waals surface area contributed by atoms with Gasteiger partial charge in [0.05, 0.1) is 11.4 Å². The molecule has 9 heteroatoms. The lowest BCUT2D eigenvalue weighted by molar-refractivity contribution is 0.583. The first kappa shape index (κ1) is 18.5. The van der Waals surface area contributed by atoms with Crippen molar-refractivity contribution in [3.05, 3.63) is 59.8 Å². The number of pyridine rings is 2. The predicted molar refractivity (Wildman–Crippen MR) is 109 cm³/mol. The molecule has 0 aliphatic heterocycles. The number of hydrogen-bond donors (Lipinski definition) is 1. The number of thiazole rings is 1. The van der Waals surface area contributed by atoms with Crippen molar-refractivity contribution in [2.45, 2.75) is 5.88 Å². The van der Waals surface area contributed by atoms with Crippen LogP contribution < -0.4 is 10.6 Å². The molecule has 0 unspecified atom stereocenters. The molecule has 0 radical (unpaired) electrons. The number of aromatic nitrogens is 3. The van der Waals surface area contributed by atoms with Crippen LogP contribution in [0.3, 0.4) is 0 Å². The zero-order valence-corrected chi connectivity index (χ0v) is 16.2. The maximum Gasteiger partial charge on any atom is 0.182 e. The SMILES string of the molecule is CN(c1cc(-c2cc(CCl)ccn2)c2nc(N)sc2n1)c1ccc(F)cc1F. The molecule has 0 fully saturated rings. The van der Waals surface area contributed by atoms with Gasteiger partial charge in [-0.3, -0.25) is 4.98 Å². The summed E-state index contributed by atoms with van der Waals surface area (Å²) in [6.07, 6.45) is 1.66. The summed E-state index contributed by atoms with van der Waals surface area (Å²) in [4.78, 5) is 15.5. The molecule has 2 N–H and O–H groups in total. The summed E-state index contributed by atoms with van der Waals surface area (Å²) < 4.78 is 27.5. The number of alkyl halides is 1. The van der Waals surface area contributed by atoms with Gasteiger partial charge in [0.2, 0.25) is 0 Å². The van der Waals surface area contributed by atoms with Crippen molar-refractivity contribution >= 4 is 49.9 Å². The van der Waals surface area contributed by atoms with Crippen molar-refractivity contribution in [3.8, 4) is 11.3 Å². The zero-order valence-electron chi connectivity index (χ0n) is 14.7. The van der Waals surface area contributed by atoms with Crippen LogP contribution in [0.4, 0.5) is 25.4 Å². The number of nitrogens with zero attached hydrogens (tertiary/aromatic N) is 4. The quantitative estimate of drug-likeness (QED) is 0.467. The monoisotopic (exact) mass is 417 g/mol. The van der Waals surface area contributed by atoms with Gasteiger partial charge in [0.15, 0.2) is 5.13 Å². The number of nitrogens with two attached hydrogens (primary N) is 1. The summed E-state index contributed by atoms with van der Waals surface area (Å²) in [7, 11) is 1.65. The second kappa shape index (κ2) is 7.29. The Morgan fingerprint density at radius 2 is 1.96 bits per heavy atom. The molecule has 0 bridgehead atoms. The number of hydrogen-bond acceptors (Lipinski definition) is 6. The Kier molecular flexibility index (Phi) is 4.82. The van der Waals surface area contributed by atoms with Gasteiger partial charge in [-0.05, 0) is 35.9 Å². The van der Waals surface area contributed by atoms with E-state index < -0.39 is 11.6 Å². The van der Waals surface area contributed by atoms with E-state index in [4.69, 9.17) is 17.3 Å². The smallest absolute Gasteiger partial charge is 0.182 e. The lowest BCUT2D eigenvalue weighted by Crippen LogP contribution is -2.13. The molecule has 0 spiro atoms. The molecule has 1 aromatic carbocycles. The lowest BCUT2D eigenvalue weighted by Gasteiger charge is -2.20. The van der Waals surface area contributed by atoms with Gasteiger partial charge in [-0.2, -0.15) is 0 Å². The Bertz CT molecular complexity index is 1180. The summed E-state index contributed by atoms with van der Waals surface area (Å²) in [6, 6.07) is 8.84. The first-order valence-corrected chi connectivity index (χ1v) is 9.58. The minimum absolute atomic E-state index is 0.194. The summed E-state index contributed by atoms with van der Waals surface area (Å²) in [5.74, 6) is -0.529. The highest BCUT2D eigenvalue weighted by atomic mass is 35.5. The first-order valence-electron chi connectivity index (χ1n) is 8.23. The van der Waals surface area contributed by atoms with Gasteiger partial charge in [0.1, 0.15) is 27.8 Å². The van der Waals surface area contributed by atoms with Gasteiger partial charge in [0, 0.05) is 30.8 Å². The Morgan fingerprint density at radius 3 is 2.71 bits per heavy atom. The number of anilines is 3. The third kappa shape index (κ3) is 3.36. The molecular formula is C19H14ClF2N5S. The van der Waals surface area contributed by atoms with Crippen LogP contribution >= 0.6 is 22.9 Å². The van der Waals surface area contributed by atoms with Crippen molar-refractivity contribution in [2.24, 2.45) is 0 Å². The largest absolute Gasteiger partial charge is 0.375 e. The Morgan fingerprint density at radius 1 is 1.14 bits per heavy atom. The maximum atomic E-state index is 14.3. The van der Waals surface area contributed by atoms with Crippen molar-refractivity contribution < 1.29 is 8.78 Å². The molecule has 0 aliphatic carbocycles. The molecule has 3 heterocycles. The molecule has 0 saturated carbocycles. The number of nitrogen functional groups attached to an aromatic ring is 1. The first-order chi connectivity index (χ1) is 13.5. The normalized spacial score (nSPS) is 11.1. The summed E-state index contributed by atoms with van der Waals surface area (Å²) in [5, 5.41) is 0.366. The van der Waals surface area contributed by atoms with Crippen LogP contribution in [0.5, 0.6) is 0 Å². The molecule has 0 amide bonds. The van der Waals surface area contributed by atoms with Gasteiger partial charge in [-0.25, -0.2) is 18.7 Å². The second-order valence-corrected chi connectivity index (χ2v) is 7.35. The van der Waals surface area contributed by atoms with E-state index >= 15 is 0 Å². The van der Waals surface area contributed by atoms with E-state index in [1.54, 1.807) is 24.2 Å². The highest BCUT2D eigenvalue weighted by molar-refractivity contribution is 7.21. The summed E-state index contributed by atoms with van der Waals surface area (Å²) in [5.41, 5.74) is 8.95. The molecule has 0 atom stereocenters. The van der Waals surface area contributed by atoms with Crippen LogP contribution in [0.15, 0.2) is 42.6 Å². The third-order valence-electron chi connectivity index (χ3n) is 4.24. The molecule has 5 nitrogen and oxygen atoms in total. The van der Waals surface area contributed by atoms with Crippen molar-refractivity contribution in [1.82, 2.24) is 15.0 Å². The Balaban J connectivity index is 1.90. The fourth-order valence-electron chi connectivity index (χ4n) is 2.86. The van der Waals surface area contributed by atoms with E-state index in [-0.39, 0.29) is 5.69 Å². The molecule has 0 aliphatic rings. The maximum absolute atomic E-state index is 14.3. The van der Waals surface area contributed by atoms with Crippen LogP contribution in [0, 0.1) is 11.6 Å². The van der Waals surface area contributed by atoms with Gasteiger partial charge in [0.25, 0.3) is 0 Å². The number of benzene rings is 1. The van der Waals surface area contributed by atoms with Gasteiger partial charge >= 0.3 is 0 Å². The highest BCUT2D eigenvalue weighted by Crippen LogP contribution is 2.36. The van der Waals surface area contributed by atoms with Crippen LogP contribution in [0.2, 0.25) is 0 Å². The summed E-state index contributed by atoms with van der Waals surface area (Å²) in [6.45, 7) is 0. The fraction of sp³-hybridized carbons (Fsp3) is 0.105. The lowest BCUT2D eigenvalue weighted by atomic mass is 10.1. The van der Waals surface area contributed by atoms with Crippen molar-refractivity contribution in [2.75, 3.05) is 17.7 Å². The molecule has 142 valence electrons. The van der Waals surface area contributed by atoms with E-state index in [1.165, 1.54) is 23.5 Å². The summed E-state index contributed by atoms with van der Waals surface area (Å²) >= 11 is 7.17. The molecule has 3 aromatic heterocycles. The van der Waals surface area contributed by atoms with Gasteiger partial charge in [-0.1, -0.05) is 11.3 Å². The predicted octanol–water partition coefficient (Wildman–Crippen LogP) is 5.12. The highest BCUT2D eigenvalue weighted by Gasteiger charge is 2.18. The fourth-order valence-corrected chi connectivity index (χ4v) is 3.75. The average Bonchev–Trinajstić information content (AvgIpc) is 3.06. The Hall–Kier alpha value is -2.84. The standard InChI is InChI=1S/C19H14ClF2N5S/c1-27(15-3-2-11(21)7-13(15)22)16-8-12(14-6-10(9-20)4-5-24-14)17-18(25-16)28-19(23)26-17/h2-8H,9H2,1H3,(H2,23,26). The van der Waals surface area contributed by atoms with Gasteiger partial charge in [-0.15, -0.1) is 11.6 Å². The number of halogens is 3. The van der Waals surface area contributed by atoms with Crippen molar-refractivity contribution in [3.63, 3.8) is 0 Å². The topological polar surface area (TPSA) is 67.9 Å². The van der Waals surface area contributed by atoms with Crippen molar-refractivity contribution in [1.29, 1.82) is 0 Å². The second-order valence-electron chi connectivity index (χ2n) is 6.07.